The van der Waals surface area contributed by atoms with Gasteiger partial charge in [-0.25, -0.2) is 4.98 Å². The molecule has 0 aliphatic heterocycles. The van der Waals surface area contributed by atoms with Gasteiger partial charge in [-0.2, -0.15) is 0 Å². The second kappa shape index (κ2) is 8.16. The summed E-state index contributed by atoms with van der Waals surface area (Å²) in [5.74, 6) is 2.11. The Hall–Kier alpha value is -2.34. The Morgan fingerprint density at radius 3 is 2.40 bits per heavy atom. The number of nitrogens with zero attached hydrogens (tertiary/aromatic N) is 2. The first kappa shape index (κ1) is 17.5. The number of halogens is 1. The van der Waals surface area contributed by atoms with Crippen LogP contribution in [0, 0.1) is 0 Å². The molecule has 25 heavy (non-hydrogen) atoms. The second-order valence-corrected chi connectivity index (χ2v) is 6.31. The summed E-state index contributed by atoms with van der Waals surface area (Å²) in [5, 5.41) is 3.31. The fourth-order valence-corrected chi connectivity index (χ4v) is 2.93. The number of rotatable bonds is 7. The third-order valence-electron chi connectivity index (χ3n) is 3.57. The summed E-state index contributed by atoms with van der Waals surface area (Å²) < 4.78 is 12.3. The van der Waals surface area contributed by atoms with Crippen LogP contribution in [-0.4, -0.2) is 23.2 Å². The Morgan fingerprint density at radius 1 is 1.00 bits per heavy atom. The van der Waals surface area contributed by atoms with Gasteiger partial charge in [-0.3, -0.25) is 4.98 Å². The van der Waals surface area contributed by atoms with E-state index in [1.165, 1.54) is 0 Å². The zero-order valence-electron chi connectivity index (χ0n) is 14.3. The Balaban J connectivity index is 1.84. The summed E-state index contributed by atoms with van der Waals surface area (Å²) in [6.07, 6.45) is 1.73. The van der Waals surface area contributed by atoms with E-state index in [-0.39, 0.29) is 0 Å². The summed E-state index contributed by atoms with van der Waals surface area (Å²) in [4.78, 5) is 9.12. The van der Waals surface area contributed by atoms with E-state index in [1.807, 2.05) is 38.1 Å². The van der Waals surface area contributed by atoms with Crippen molar-refractivity contribution in [3.05, 3.63) is 52.6 Å². The fourth-order valence-electron chi connectivity index (χ4n) is 2.48. The monoisotopic (exact) mass is 401 g/mol. The zero-order chi connectivity index (χ0) is 17.6. The third kappa shape index (κ3) is 4.39. The summed E-state index contributed by atoms with van der Waals surface area (Å²) >= 11 is 3.48. The Labute approximate surface area is 155 Å². The quantitative estimate of drug-likeness (QED) is 0.615. The van der Waals surface area contributed by atoms with Crippen molar-refractivity contribution in [1.82, 2.24) is 9.97 Å². The molecule has 6 heteroatoms. The number of ether oxygens (including phenoxy) is 2. The molecule has 0 unspecified atom stereocenters. The van der Waals surface area contributed by atoms with Gasteiger partial charge in [-0.1, -0.05) is 28.1 Å². The Bertz CT molecular complexity index is 870. The molecule has 0 fully saturated rings. The summed E-state index contributed by atoms with van der Waals surface area (Å²) in [7, 11) is 0. The molecule has 0 saturated carbocycles. The van der Waals surface area contributed by atoms with E-state index in [0.29, 0.717) is 31.3 Å². The second-order valence-electron chi connectivity index (χ2n) is 5.39. The van der Waals surface area contributed by atoms with Gasteiger partial charge in [-0.15, -0.1) is 0 Å². The van der Waals surface area contributed by atoms with Gasteiger partial charge >= 0.3 is 0 Å². The molecule has 1 aromatic heterocycles. The maximum atomic E-state index is 5.66. The van der Waals surface area contributed by atoms with Crippen molar-refractivity contribution in [2.75, 3.05) is 18.5 Å². The van der Waals surface area contributed by atoms with E-state index >= 15 is 0 Å². The lowest BCUT2D eigenvalue weighted by molar-refractivity contribution is 0.288. The molecule has 130 valence electrons. The maximum Gasteiger partial charge on any atom is 0.163 e. The van der Waals surface area contributed by atoms with Crippen LogP contribution in [0.15, 0.2) is 47.1 Å². The van der Waals surface area contributed by atoms with Crippen molar-refractivity contribution in [3.63, 3.8) is 0 Å². The van der Waals surface area contributed by atoms with Gasteiger partial charge in [0.25, 0.3) is 0 Å². The molecule has 0 amide bonds. The molecule has 0 atom stereocenters. The lowest BCUT2D eigenvalue weighted by Gasteiger charge is -2.12. The van der Waals surface area contributed by atoms with Crippen LogP contribution in [0.4, 0.5) is 5.82 Å². The molecule has 0 saturated heterocycles. The number of aromatic nitrogens is 2. The minimum Gasteiger partial charge on any atom is -0.490 e. The zero-order valence-corrected chi connectivity index (χ0v) is 15.8. The van der Waals surface area contributed by atoms with E-state index in [1.54, 1.807) is 6.20 Å². The van der Waals surface area contributed by atoms with Crippen molar-refractivity contribution in [2.24, 2.45) is 0 Å². The Kier molecular flexibility index (Phi) is 5.71. The minimum atomic E-state index is 0.569. The molecule has 3 aromatic rings. The average molecular weight is 402 g/mol. The molecular formula is C19H20BrN3O2. The number of nitrogens with one attached hydrogen (secondary N) is 1. The van der Waals surface area contributed by atoms with Crippen LogP contribution in [0.1, 0.15) is 19.4 Å². The number of benzene rings is 2. The van der Waals surface area contributed by atoms with Crippen LogP contribution in [0.3, 0.4) is 0 Å². The molecule has 1 N–H and O–H groups in total. The fraction of sp³-hybridized carbons (Fsp3) is 0.263. The highest BCUT2D eigenvalue weighted by Gasteiger charge is 2.10. The molecule has 0 spiro atoms. The molecule has 0 aliphatic rings. The molecule has 0 radical (unpaired) electrons. The highest BCUT2D eigenvalue weighted by Crippen LogP contribution is 2.31. The predicted octanol–water partition coefficient (Wildman–Crippen LogP) is 4.80. The first-order chi connectivity index (χ1) is 12.2. The van der Waals surface area contributed by atoms with Crippen molar-refractivity contribution in [3.8, 4) is 11.5 Å². The van der Waals surface area contributed by atoms with Gasteiger partial charge in [0.05, 0.1) is 30.4 Å². The average Bonchev–Trinajstić information content (AvgIpc) is 2.61. The van der Waals surface area contributed by atoms with Crippen LogP contribution in [0.2, 0.25) is 0 Å². The lowest BCUT2D eigenvalue weighted by Crippen LogP contribution is -2.03. The SMILES string of the molecule is CCOc1cc2ncc(NCc3cccc(Br)c3)nc2cc1OCC. The van der Waals surface area contributed by atoms with E-state index in [2.05, 4.69) is 43.3 Å². The smallest absolute Gasteiger partial charge is 0.163 e. The van der Waals surface area contributed by atoms with Crippen molar-refractivity contribution in [2.45, 2.75) is 20.4 Å². The van der Waals surface area contributed by atoms with Crippen molar-refractivity contribution in [1.29, 1.82) is 0 Å². The van der Waals surface area contributed by atoms with E-state index in [4.69, 9.17) is 9.47 Å². The van der Waals surface area contributed by atoms with Crippen molar-refractivity contribution >= 4 is 32.8 Å². The van der Waals surface area contributed by atoms with Crippen LogP contribution in [-0.2, 0) is 6.54 Å². The van der Waals surface area contributed by atoms with Gasteiger partial charge in [0.15, 0.2) is 11.5 Å². The minimum absolute atomic E-state index is 0.569. The highest BCUT2D eigenvalue weighted by atomic mass is 79.9. The normalized spacial score (nSPS) is 10.7. The number of fused-ring (bicyclic) bond motifs is 1. The van der Waals surface area contributed by atoms with Crippen molar-refractivity contribution < 1.29 is 9.47 Å². The van der Waals surface area contributed by atoms with E-state index < -0.39 is 0 Å². The first-order valence-electron chi connectivity index (χ1n) is 8.24. The van der Waals surface area contributed by atoms with Crippen LogP contribution in [0.5, 0.6) is 11.5 Å². The lowest BCUT2D eigenvalue weighted by atomic mass is 10.2. The molecule has 0 bridgehead atoms. The Morgan fingerprint density at radius 2 is 1.72 bits per heavy atom. The molecule has 1 heterocycles. The molecule has 2 aromatic carbocycles. The number of hydrogen-bond acceptors (Lipinski definition) is 5. The van der Waals surface area contributed by atoms with Gasteiger partial charge < -0.3 is 14.8 Å². The summed E-state index contributed by atoms with van der Waals surface area (Å²) in [6, 6.07) is 11.9. The maximum absolute atomic E-state index is 5.66. The number of hydrogen-bond donors (Lipinski definition) is 1. The van der Waals surface area contributed by atoms with Gasteiger partial charge in [0.2, 0.25) is 0 Å². The van der Waals surface area contributed by atoms with E-state index in [9.17, 15) is 0 Å². The van der Waals surface area contributed by atoms with Gasteiger partial charge in [0.1, 0.15) is 5.82 Å². The molecular weight excluding hydrogens is 382 g/mol. The summed E-state index contributed by atoms with van der Waals surface area (Å²) in [6.45, 7) is 5.71. The topological polar surface area (TPSA) is 56.3 Å². The molecule has 3 rings (SSSR count). The van der Waals surface area contributed by atoms with Crippen LogP contribution >= 0.6 is 15.9 Å². The summed E-state index contributed by atoms with van der Waals surface area (Å²) in [5.41, 5.74) is 2.71. The largest absolute Gasteiger partial charge is 0.490 e. The van der Waals surface area contributed by atoms with Gasteiger partial charge in [0, 0.05) is 23.2 Å². The van der Waals surface area contributed by atoms with Crippen LogP contribution in [0.25, 0.3) is 11.0 Å². The third-order valence-corrected chi connectivity index (χ3v) is 4.06. The van der Waals surface area contributed by atoms with Gasteiger partial charge in [-0.05, 0) is 31.5 Å². The standard InChI is InChI=1S/C19H20BrN3O2/c1-3-24-17-9-15-16(10-18(17)25-4-2)23-19(12-21-15)22-11-13-6-5-7-14(20)8-13/h5-10,12H,3-4,11H2,1-2H3,(H,22,23). The molecule has 5 nitrogen and oxygen atoms in total. The number of anilines is 1. The predicted molar refractivity (Wildman–Crippen MR) is 103 cm³/mol. The van der Waals surface area contributed by atoms with E-state index in [0.717, 1.165) is 26.9 Å². The molecule has 0 aliphatic carbocycles. The van der Waals surface area contributed by atoms with Crippen LogP contribution < -0.4 is 14.8 Å². The highest BCUT2D eigenvalue weighted by molar-refractivity contribution is 9.10. The first-order valence-corrected chi connectivity index (χ1v) is 9.03.